The molecule has 1 rings (SSSR count). The van der Waals surface area contributed by atoms with Crippen LogP contribution in [0.1, 0.15) is 46.0 Å². The van der Waals surface area contributed by atoms with Crippen LogP contribution in [0, 0.1) is 5.41 Å². The van der Waals surface area contributed by atoms with Crippen molar-refractivity contribution in [2.75, 3.05) is 20.1 Å². The van der Waals surface area contributed by atoms with Crippen LogP contribution in [0.5, 0.6) is 0 Å². The van der Waals surface area contributed by atoms with Crippen LogP contribution < -0.4 is 5.73 Å². The molecule has 2 N–H and O–H groups in total. The molecule has 84 valence electrons. The van der Waals surface area contributed by atoms with Gasteiger partial charge >= 0.3 is 0 Å². The number of hydrogen-bond acceptors (Lipinski definition) is 2. The van der Waals surface area contributed by atoms with Crippen molar-refractivity contribution < 1.29 is 0 Å². The van der Waals surface area contributed by atoms with Crippen LogP contribution in [0.4, 0.5) is 0 Å². The van der Waals surface area contributed by atoms with Crippen molar-refractivity contribution in [3.05, 3.63) is 0 Å². The lowest BCUT2D eigenvalue weighted by Gasteiger charge is -2.47. The highest BCUT2D eigenvalue weighted by atomic mass is 15.1. The van der Waals surface area contributed by atoms with Gasteiger partial charge in [0.25, 0.3) is 0 Å². The molecule has 0 bridgehead atoms. The van der Waals surface area contributed by atoms with E-state index >= 15 is 0 Å². The quantitative estimate of drug-likeness (QED) is 0.750. The van der Waals surface area contributed by atoms with Gasteiger partial charge in [0.2, 0.25) is 0 Å². The van der Waals surface area contributed by atoms with Gasteiger partial charge in [-0.15, -0.1) is 0 Å². The molecular weight excluding hydrogens is 172 g/mol. The maximum absolute atomic E-state index is 5.73. The SMILES string of the molecule is CCCC1N(C)CCCC1(C)CCN. The molecule has 0 aliphatic carbocycles. The topological polar surface area (TPSA) is 29.3 Å². The Hall–Kier alpha value is -0.0800. The molecule has 2 unspecified atom stereocenters. The number of rotatable bonds is 4. The van der Waals surface area contributed by atoms with Gasteiger partial charge in [-0.1, -0.05) is 20.3 Å². The zero-order valence-electron chi connectivity index (χ0n) is 10.1. The van der Waals surface area contributed by atoms with E-state index in [4.69, 9.17) is 5.73 Å². The Kier molecular flexibility index (Phi) is 4.39. The molecule has 2 nitrogen and oxygen atoms in total. The van der Waals surface area contributed by atoms with Crippen LogP contribution >= 0.6 is 0 Å². The summed E-state index contributed by atoms with van der Waals surface area (Å²) in [6, 6.07) is 0.754. The molecule has 1 aliphatic rings. The van der Waals surface area contributed by atoms with E-state index in [0.29, 0.717) is 5.41 Å². The molecule has 0 aromatic carbocycles. The lowest BCUT2D eigenvalue weighted by molar-refractivity contribution is 0.0331. The molecule has 1 aliphatic heterocycles. The predicted molar refractivity (Wildman–Crippen MR) is 62.3 cm³/mol. The van der Waals surface area contributed by atoms with E-state index in [1.165, 1.54) is 38.6 Å². The van der Waals surface area contributed by atoms with E-state index in [-0.39, 0.29) is 0 Å². The molecule has 1 fully saturated rings. The molecular formula is C12H26N2. The summed E-state index contributed by atoms with van der Waals surface area (Å²) in [4.78, 5) is 2.54. The van der Waals surface area contributed by atoms with Gasteiger partial charge in [-0.25, -0.2) is 0 Å². The zero-order chi connectivity index (χ0) is 10.6. The van der Waals surface area contributed by atoms with Gasteiger partial charge < -0.3 is 10.6 Å². The first kappa shape index (κ1) is 12.0. The summed E-state index contributed by atoms with van der Waals surface area (Å²) in [7, 11) is 2.27. The van der Waals surface area contributed by atoms with E-state index in [1.807, 2.05) is 0 Å². The van der Waals surface area contributed by atoms with E-state index in [0.717, 1.165) is 12.6 Å². The van der Waals surface area contributed by atoms with E-state index in [2.05, 4.69) is 25.8 Å². The predicted octanol–water partition coefficient (Wildman–Crippen LogP) is 2.24. The monoisotopic (exact) mass is 198 g/mol. The summed E-state index contributed by atoms with van der Waals surface area (Å²) >= 11 is 0. The fourth-order valence-corrected chi connectivity index (χ4v) is 3.05. The lowest BCUT2D eigenvalue weighted by Crippen LogP contribution is -2.49. The summed E-state index contributed by atoms with van der Waals surface area (Å²) < 4.78 is 0. The Morgan fingerprint density at radius 1 is 1.50 bits per heavy atom. The van der Waals surface area contributed by atoms with Gasteiger partial charge in [0.15, 0.2) is 0 Å². The Bertz CT molecular complexity index is 166. The van der Waals surface area contributed by atoms with Gasteiger partial charge in [0.1, 0.15) is 0 Å². The number of nitrogens with two attached hydrogens (primary N) is 1. The maximum Gasteiger partial charge on any atom is 0.0146 e. The standard InChI is InChI=1S/C12H26N2/c1-4-6-11-12(2,8-9-13)7-5-10-14(11)3/h11H,4-10,13H2,1-3H3. The number of hydrogen-bond donors (Lipinski definition) is 1. The summed E-state index contributed by atoms with van der Waals surface area (Å²) in [5.74, 6) is 0. The Balaban J connectivity index is 2.67. The van der Waals surface area contributed by atoms with Gasteiger partial charge in [-0.05, 0) is 51.2 Å². The van der Waals surface area contributed by atoms with Crippen molar-refractivity contribution in [2.45, 2.75) is 52.0 Å². The first-order chi connectivity index (χ1) is 6.64. The minimum Gasteiger partial charge on any atom is -0.330 e. The number of piperidine rings is 1. The molecule has 2 atom stereocenters. The van der Waals surface area contributed by atoms with Crippen molar-refractivity contribution in [3.8, 4) is 0 Å². The van der Waals surface area contributed by atoms with Crippen LogP contribution in [0.3, 0.4) is 0 Å². The van der Waals surface area contributed by atoms with Crippen LogP contribution in [0.25, 0.3) is 0 Å². The van der Waals surface area contributed by atoms with E-state index < -0.39 is 0 Å². The Morgan fingerprint density at radius 2 is 2.21 bits per heavy atom. The first-order valence-corrected chi connectivity index (χ1v) is 6.04. The number of likely N-dealkylation sites (tertiary alicyclic amines) is 1. The second-order valence-electron chi connectivity index (χ2n) is 5.08. The highest BCUT2D eigenvalue weighted by molar-refractivity contribution is 4.92. The second-order valence-corrected chi connectivity index (χ2v) is 5.08. The van der Waals surface area contributed by atoms with Crippen molar-refractivity contribution in [2.24, 2.45) is 11.1 Å². The smallest absolute Gasteiger partial charge is 0.0146 e. The van der Waals surface area contributed by atoms with Gasteiger partial charge in [0, 0.05) is 6.04 Å². The third-order valence-corrected chi connectivity index (χ3v) is 3.87. The largest absolute Gasteiger partial charge is 0.330 e. The van der Waals surface area contributed by atoms with Crippen LogP contribution in [-0.2, 0) is 0 Å². The fourth-order valence-electron chi connectivity index (χ4n) is 3.05. The molecule has 1 saturated heterocycles. The maximum atomic E-state index is 5.73. The van der Waals surface area contributed by atoms with Crippen LogP contribution in [0.2, 0.25) is 0 Å². The molecule has 2 heteroatoms. The average Bonchev–Trinajstić information content (AvgIpc) is 2.12. The van der Waals surface area contributed by atoms with Gasteiger partial charge in [-0.3, -0.25) is 0 Å². The van der Waals surface area contributed by atoms with Crippen molar-refractivity contribution in [1.82, 2.24) is 4.90 Å². The van der Waals surface area contributed by atoms with Crippen LogP contribution in [-0.4, -0.2) is 31.1 Å². The number of nitrogens with zero attached hydrogens (tertiary/aromatic N) is 1. The van der Waals surface area contributed by atoms with Gasteiger partial charge in [-0.2, -0.15) is 0 Å². The summed E-state index contributed by atoms with van der Waals surface area (Å²) in [5, 5.41) is 0. The Morgan fingerprint density at radius 3 is 2.79 bits per heavy atom. The van der Waals surface area contributed by atoms with Crippen molar-refractivity contribution in [1.29, 1.82) is 0 Å². The highest BCUT2D eigenvalue weighted by Crippen LogP contribution is 2.39. The molecule has 0 aromatic heterocycles. The average molecular weight is 198 g/mol. The third-order valence-electron chi connectivity index (χ3n) is 3.87. The first-order valence-electron chi connectivity index (χ1n) is 6.04. The summed E-state index contributed by atoms with van der Waals surface area (Å²) in [5.41, 5.74) is 6.20. The Labute approximate surface area is 88.8 Å². The minimum absolute atomic E-state index is 0.470. The highest BCUT2D eigenvalue weighted by Gasteiger charge is 2.37. The second kappa shape index (κ2) is 5.13. The van der Waals surface area contributed by atoms with E-state index in [1.54, 1.807) is 0 Å². The van der Waals surface area contributed by atoms with E-state index in [9.17, 15) is 0 Å². The molecule has 0 aromatic rings. The summed E-state index contributed by atoms with van der Waals surface area (Å²) in [6.45, 7) is 6.82. The fraction of sp³-hybridized carbons (Fsp3) is 1.00. The molecule has 14 heavy (non-hydrogen) atoms. The summed E-state index contributed by atoms with van der Waals surface area (Å²) in [6.07, 6.45) is 6.50. The molecule has 0 saturated carbocycles. The zero-order valence-corrected chi connectivity index (χ0v) is 10.1. The third kappa shape index (κ3) is 2.48. The normalized spacial score (nSPS) is 34.7. The van der Waals surface area contributed by atoms with Crippen LogP contribution in [0.15, 0.2) is 0 Å². The molecule has 0 radical (unpaired) electrons. The minimum atomic E-state index is 0.470. The molecule has 0 amide bonds. The van der Waals surface area contributed by atoms with Gasteiger partial charge in [0.05, 0.1) is 0 Å². The van der Waals surface area contributed by atoms with Crippen molar-refractivity contribution in [3.63, 3.8) is 0 Å². The van der Waals surface area contributed by atoms with Crippen molar-refractivity contribution >= 4 is 0 Å². The molecule has 1 heterocycles. The molecule has 0 spiro atoms. The lowest BCUT2D eigenvalue weighted by atomic mass is 9.71.